The number of nitrogens with one attached hydrogen (secondary N) is 1. The minimum atomic E-state index is -0.267. The first-order chi connectivity index (χ1) is 15.4. The van der Waals surface area contributed by atoms with Gasteiger partial charge in [-0.05, 0) is 48.0 Å². The van der Waals surface area contributed by atoms with Gasteiger partial charge in [-0.25, -0.2) is 5.84 Å². The van der Waals surface area contributed by atoms with Crippen molar-refractivity contribution in [2.75, 3.05) is 6.54 Å². The molecule has 0 aliphatic carbocycles. The van der Waals surface area contributed by atoms with E-state index in [9.17, 15) is 4.79 Å². The molecule has 0 saturated carbocycles. The summed E-state index contributed by atoms with van der Waals surface area (Å²) in [7, 11) is 0. The molecule has 0 radical (unpaired) electrons. The van der Waals surface area contributed by atoms with Gasteiger partial charge in [-0.2, -0.15) is 0 Å². The first kappa shape index (κ1) is 21.8. The molecule has 0 unspecified atom stereocenters. The maximum Gasteiger partial charge on any atom is 0.251 e. The molecular weight excluding hydrogens is 447 g/mol. The van der Waals surface area contributed by atoms with Crippen LogP contribution in [-0.2, 0) is 6.42 Å². The van der Waals surface area contributed by atoms with Gasteiger partial charge in [0.1, 0.15) is 0 Å². The number of halogens is 2. The third-order valence-corrected chi connectivity index (χ3v) is 5.33. The van der Waals surface area contributed by atoms with Gasteiger partial charge in [0.2, 0.25) is 0 Å². The van der Waals surface area contributed by atoms with Gasteiger partial charge in [0.15, 0.2) is 0 Å². The standard InChI is InChI=1S/C23H20Cl2N6O/c24-17-4-6-31(27)22(11-17)20(26)13-30-23(32)15-3-5-28-19(10-15)8-14-1-2-21-16(7-14)9-18(25)12-29-21/h1-7,9-12H,8,13,26-27H2,(H,30,32)/b22-20-. The molecule has 1 aliphatic heterocycles. The van der Waals surface area contributed by atoms with Crippen molar-refractivity contribution in [1.29, 1.82) is 0 Å². The molecule has 9 heteroatoms. The summed E-state index contributed by atoms with van der Waals surface area (Å²) in [5.41, 5.74) is 10.2. The van der Waals surface area contributed by atoms with Crippen LogP contribution in [0.25, 0.3) is 10.9 Å². The van der Waals surface area contributed by atoms with E-state index >= 15 is 0 Å². The largest absolute Gasteiger partial charge is 0.399 e. The maximum absolute atomic E-state index is 12.7. The Kier molecular flexibility index (Phi) is 6.41. The highest BCUT2D eigenvalue weighted by Gasteiger charge is 2.13. The summed E-state index contributed by atoms with van der Waals surface area (Å²) in [5.74, 6) is 5.60. The Bertz CT molecular complexity index is 1280. The molecule has 32 heavy (non-hydrogen) atoms. The number of nitrogens with zero attached hydrogens (tertiary/aromatic N) is 3. The van der Waals surface area contributed by atoms with Crippen LogP contribution in [-0.4, -0.2) is 27.4 Å². The highest BCUT2D eigenvalue weighted by atomic mass is 35.5. The van der Waals surface area contributed by atoms with Gasteiger partial charge >= 0.3 is 0 Å². The fraction of sp³-hybridized carbons (Fsp3) is 0.0870. The zero-order valence-corrected chi connectivity index (χ0v) is 18.4. The van der Waals surface area contributed by atoms with E-state index in [0.717, 1.165) is 22.2 Å². The van der Waals surface area contributed by atoms with Gasteiger partial charge in [-0.1, -0.05) is 29.3 Å². The summed E-state index contributed by atoms with van der Waals surface area (Å²) in [6.45, 7) is 0.118. The highest BCUT2D eigenvalue weighted by molar-refractivity contribution is 6.31. The number of nitrogens with two attached hydrogens (primary N) is 2. The zero-order valence-electron chi connectivity index (χ0n) is 16.9. The van der Waals surface area contributed by atoms with Crippen molar-refractivity contribution in [1.82, 2.24) is 20.3 Å². The smallest absolute Gasteiger partial charge is 0.251 e. The number of hydrogen-bond donors (Lipinski definition) is 3. The number of benzene rings is 1. The Hall–Kier alpha value is -3.39. The van der Waals surface area contributed by atoms with Gasteiger partial charge in [0, 0.05) is 46.7 Å². The fourth-order valence-electron chi connectivity index (χ4n) is 3.30. The molecule has 1 amide bonds. The molecule has 0 atom stereocenters. The molecule has 0 fully saturated rings. The van der Waals surface area contributed by atoms with E-state index in [0.29, 0.717) is 33.4 Å². The first-order valence-electron chi connectivity index (χ1n) is 9.74. The Morgan fingerprint density at radius 3 is 2.81 bits per heavy atom. The summed E-state index contributed by atoms with van der Waals surface area (Å²) in [5, 5.41) is 6.19. The quantitative estimate of drug-likeness (QED) is 0.495. The van der Waals surface area contributed by atoms with Crippen LogP contribution in [0.1, 0.15) is 21.6 Å². The second-order valence-corrected chi connectivity index (χ2v) is 8.11. The molecule has 4 rings (SSSR count). The van der Waals surface area contributed by atoms with Gasteiger partial charge in [0.05, 0.1) is 28.5 Å². The second kappa shape index (κ2) is 9.40. The molecule has 0 saturated heterocycles. The lowest BCUT2D eigenvalue weighted by Gasteiger charge is -2.21. The van der Waals surface area contributed by atoms with Gasteiger partial charge in [0.25, 0.3) is 5.91 Å². The lowest BCUT2D eigenvalue weighted by Crippen LogP contribution is -2.33. The van der Waals surface area contributed by atoms with Crippen molar-refractivity contribution >= 4 is 40.0 Å². The van der Waals surface area contributed by atoms with Crippen LogP contribution in [0.3, 0.4) is 0 Å². The van der Waals surface area contributed by atoms with Crippen LogP contribution >= 0.6 is 23.2 Å². The fourth-order valence-corrected chi connectivity index (χ4v) is 3.63. The molecular formula is C23H20Cl2N6O. The Morgan fingerprint density at radius 1 is 1.12 bits per heavy atom. The summed E-state index contributed by atoms with van der Waals surface area (Å²) >= 11 is 12.1. The number of pyridine rings is 2. The van der Waals surface area contributed by atoms with Crippen molar-refractivity contribution in [3.63, 3.8) is 0 Å². The molecule has 3 aromatic rings. The van der Waals surface area contributed by atoms with Crippen LogP contribution in [0.2, 0.25) is 5.02 Å². The minimum absolute atomic E-state index is 0.118. The topological polar surface area (TPSA) is 110 Å². The number of hydrazine groups is 1. The van der Waals surface area contributed by atoms with E-state index in [4.69, 9.17) is 34.8 Å². The monoisotopic (exact) mass is 466 g/mol. The second-order valence-electron chi connectivity index (χ2n) is 7.24. The van der Waals surface area contributed by atoms with Gasteiger partial charge in [-0.3, -0.25) is 19.8 Å². The molecule has 0 bridgehead atoms. The van der Waals surface area contributed by atoms with Crippen molar-refractivity contribution in [3.8, 4) is 0 Å². The van der Waals surface area contributed by atoms with Crippen LogP contribution in [0.4, 0.5) is 0 Å². The predicted molar refractivity (Wildman–Crippen MR) is 126 cm³/mol. The molecule has 1 aromatic carbocycles. The zero-order chi connectivity index (χ0) is 22.7. The van der Waals surface area contributed by atoms with Crippen molar-refractivity contribution in [2.45, 2.75) is 6.42 Å². The predicted octanol–water partition coefficient (Wildman–Crippen LogP) is 3.60. The summed E-state index contributed by atoms with van der Waals surface area (Å²) in [6, 6.07) is 11.2. The van der Waals surface area contributed by atoms with E-state index < -0.39 is 0 Å². The number of aromatic nitrogens is 2. The Balaban J connectivity index is 1.46. The van der Waals surface area contributed by atoms with Gasteiger partial charge < -0.3 is 11.1 Å². The molecule has 5 N–H and O–H groups in total. The number of amides is 1. The Morgan fingerprint density at radius 2 is 1.97 bits per heavy atom. The van der Waals surface area contributed by atoms with Crippen LogP contribution < -0.4 is 16.9 Å². The average Bonchev–Trinajstić information content (AvgIpc) is 2.78. The van der Waals surface area contributed by atoms with Crippen molar-refractivity contribution in [3.05, 3.63) is 105 Å². The number of carbonyl (C=O) groups excluding carboxylic acids is 1. The molecule has 7 nitrogen and oxygen atoms in total. The number of rotatable bonds is 5. The SMILES string of the molecule is N/C(CNC(=O)c1ccnc(Cc2ccc3ncc(Cl)cc3c2)c1)=C1/C=C(Cl)C=CN1N. The average molecular weight is 467 g/mol. The maximum atomic E-state index is 12.7. The minimum Gasteiger partial charge on any atom is -0.399 e. The number of fused-ring (bicyclic) bond motifs is 1. The molecule has 162 valence electrons. The number of hydrogen-bond acceptors (Lipinski definition) is 6. The van der Waals surface area contributed by atoms with Crippen LogP contribution in [0.5, 0.6) is 0 Å². The third-order valence-electron chi connectivity index (χ3n) is 4.89. The van der Waals surface area contributed by atoms with Crippen LogP contribution in [0.15, 0.2) is 83.6 Å². The Labute approximate surface area is 195 Å². The van der Waals surface area contributed by atoms with Crippen molar-refractivity contribution in [2.24, 2.45) is 11.6 Å². The van der Waals surface area contributed by atoms with Crippen molar-refractivity contribution < 1.29 is 4.79 Å². The number of allylic oxidation sites excluding steroid dienone is 3. The highest BCUT2D eigenvalue weighted by Crippen LogP contribution is 2.20. The van der Waals surface area contributed by atoms with E-state index in [-0.39, 0.29) is 12.5 Å². The molecule has 1 aliphatic rings. The molecule has 0 spiro atoms. The first-order valence-corrected chi connectivity index (χ1v) is 10.5. The van der Waals surface area contributed by atoms with E-state index in [1.165, 1.54) is 5.01 Å². The number of carbonyl (C=O) groups is 1. The summed E-state index contributed by atoms with van der Waals surface area (Å²) < 4.78 is 0. The van der Waals surface area contributed by atoms with E-state index in [1.807, 2.05) is 24.3 Å². The van der Waals surface area contributed by atoms with Gasteiger partial charge in [-0.15, -0.1) is 0 Å². The molecule has 2 aromatic heterocycles. The van der Waals surface area contributed by atoms with Crippen LogP contribution in [0, 0.1) is 0 Å². The lowest BCUT2D eigenvalue weighted by molar-refractivity contribution is 0.0956. The third kappa shape index (κ3) is 5.08. The van der Waals surface area contributed by atoms with E-state index in [2.05, 4.69) is 15.3 Å². The van der Waals surface area contributed by atoms with E-state index in [1.54, 1.807) is 42.9 Å². The summed E-state index contributed by atoms with van der Waals surface area (Å²) in [4.78, 5) is 21.4. The molecule has 3 heterocycles. The lowest BCUT2D eigenvalue weighted by atomic mass is 10.0. The summed E-state index contributed by atoms with van der Waals surface area (Å²) in [6.07, 6.45) is 8.68. The normalized spacial score (nSPS) is 15.0.